The van der Waals surface area contributed by atoms with Crippen LogP contribution in [-0.4, -0.2) is 9.38 Å². The molecule has 0 unspecified atom stereocenters. The van der Waals surface area contributed by atoms with Gasteiger partial charge in [-0.15, -0.1) is 0 Å². The van der Waals surface area contributed by atoms with Gasteiger partial charge in [-0.25, -0.2) is 4.57 Å². The molecule has 3 heteroatoms. The van der Waals surface area contributed by atoms with Crippen molar-refractivity contribution in [1.29, 1.82) is 0 Å². The van der Waals surface area contributed by atoms with Gasteiger partial charge in [-0.3, -0.25) is 0 Å². The summed E-state index contributed by atoms with van der Waals surface area (Å²) in [7, 11) is 2.12. The summed E-state index contributed by atoms with van der Waals surface area (Å²) in [6.07, 6.45) is 3.00. The lowest BCUT2D eigenvalue weighted by atomic mass is 9.87. The van der Waals surface area contributed by atoms with Gasteiger partial charge in [-0.05, 0) is 41.4 Å². The van der Waals surface area contributed by atoms with Crippen LogP contribution in [0.2, 0.25) is 0 Å². The van der Waals surface area contributed by atoms with E-state index in [0.29, 0.717) is 0 Å². The summed E-state index contributed by atoms with van der Waals surface area (Å²) in [5.41, 5.74) is 9.08. The van der Waals surface area contributed by atoms with Gasteiger partial charge in [0.1, 0.15) is 5.52 Å². The fourth-order valence-electron chi connectivity index (χ4n) is 5.29. The number of fused-ring (bicyclic) bond motifs is 5. The number of aromatic nitrogens is 3. The third-order valence-corrected chi connectivity index (χ3v) is 6.43. The zero-order valence-corrected chi connectivity index (χ0v) is 18.2. The molecule has 30 heavy (non-hydrogen) atoms. The largest absolute Gasteiger partial charge is 0.308 e. The lowest BCUT2D eigenvalue weighted by Crippen LogP contribution is -2.30. The second kappa shape index (κ2) is 5.69. The van der Waals surface area contributed by atoms with Gasteiger partial charge >= 0.3 is 0 Å². The van der Waals surface area contributed by atoms with E-state index >= 15 is 0 Å². The van der Waals surface area contributed by atoms with Gasteiger partial charge < -0.3 is 4.40 Å². The Morgan fingerprint density at radius 1 is 0.900 bits per heavy atom. The van der Waals surface area contributed by atoms with Crippen molar-refractivity contribution in [2.75, 3.05) is 0 Å². The molecule has 0 aliphatic heterocycles. The number of rotatable bonds is 1. The number of hydrogen-bond donors (Lipinski definition) is 0. The van der Waals surface area contributed by atoms with Gasteiger partial charge in [0, 0.05) is 21.7 Å². The van der Waals surface area contributed by atoms with Gasteiger partial charge in [-0.1, -0.05) is 57.2 Å². The van der Waals surface area contributed by atoms with Gasteiger partial charge in [0.15, 0.2) is 5.52 Å². The molecule has 0 saturated carbocycles. The molecule has 0 saturated heterocycles. The minimum atomic E-state index is 0.208. The van der Waals surface area contributed by atoms with Crippen LogP contribution in [0.5, 0.6) is 0 Å². The fourth-order valence-corrected chi connectivity index (χ4v) is 5.29. The average molecular weight is 393 g/mol. The Hall–Kier alpha value is -3.20. The SMILES string of the molecule is Cc1ccc2c3ccccc3n3c4ccc(CC(C)(C)C)c5nc[n+](C)c(c1c23)c54. The summed E-state index contributed by atoms with van der Waals surface area (Å²) in [6.45, 7) is 9.12. The van der Waals surface area contributed by atoms with Crippen molar-refractivity contribution in [2.24, 2.45) is 12.5 Å². The van der Waals surface area contributed by atoms with E-state index in [1.807, 2.05) is 6.33 Å². The summed E-state index contributed by atoms with van der Waals surface area (Å²) in [5.74, 6) is 0. The minimum Gasteiger partial charge on any atom is -0.308 e. The average Bonchev–Trinajstić information content (AvgIpc) is 3.03. The molecule has 6 rings (SSSR count). The summed E-state index contributed by atoms with van der Waals surface area (Å²) < 4.78 is 4.67. The van der Waals surface area contributed by atoms with Crippen LogP contribution in [-0.2, 0) is 13.5 Å². The van der Waals surface area contributed by atoms with E-state index in [4.69, 9.17) is 4.98 Å². The predicted molar refractivity (Wildman–Crippen MR) is 125 cm³/mol. The monoisotopic (exact) mass is 392 g/mol. The van der Waals surface area contributed by atoms with Crippen molar-refractivity contribution in [3.63, 3.8) is 0 Å². The molecule has 3 heterocycles. The number of aryl methyl sites for hydroxylation is 2. The van der Waals surface area contributed by atoms with E-state index in [1.54, 1.807) is 0 Å². The van der Waals surface area contributed by atoms with Gasteiger partial charge in [0.05, 0.1) is 29.0 Å². The Bertz CT molecular complexity index is 1610. The molecular formula is C27H26N3+. The molecule has 0 atom stereocenters. The van der Waals surface area contributed by atoms with Crippen molar-refractivity contribution in [3.05, 3.63) is 66.0 Å². The summed E-state index contributed by atoms with van der Waals surface area (Å²) >= 11 is 0. The van der Waals surface area contributed by atoms with E-state index in [-0.39, 0.29) is 5.41 Å². The van der Waals surface area contributed by atoms with Crippen LogP contribution < -0.4 is 4.57 Å². The van der Waals surface area contributed by atoms with Crippen molar-refractivity contribution in [1.82, 2.24) is 9.38 Å². The number of hydrogen-bond acceptors (Lipinski definition) is 1. The lowest BCUT2D eigenvalue weighted by molar-refractivity contribution is -0.646. The van der Waals surface area contributed by atoms with E-state index in [9.17, 15) is 0 Å². The molecule has 0 amide bonds. The molecule has 3 aromatic heterocycles. The highest BCUT2D eigenvalue weighted by atomic mass is 15.0. The van der Waals surface area contributed by atoms with Gasteiger partial charge in [0.25, 0.3) is 6.33 Å². The first kappa shape index (κ1) is 17.6. The molecule has 6 aromatic rings. The molecule has 148 valence electrons. The number of pyridine rings is 1. The molecule has 0 fully saturated rings. The lowest BCUT2D eigenvalue weighted by Gasteiger charge is -2.19. The Labute approximate surface area is 175 Å². The number of para-hydroxylation sites is 1. The Kier molecular flexibility index (Phi) is 3.35. The second-order valence-electron chi connectivity index (χ2n) is 9.92. The molecule has 3 aromatic carbocycles. The molecule has 0 radical (unpaired) electrons. The van der Waals surface area contributed by atoms with E-state index in [2.05, 4.69) is 92.2 Å². The Morgan fingerprint density at radius 2 is 1.70 bits per heavy atom. The van der Waals surface area contributed by atoms with Crippen molar-refractivity contribution >= 4 is 49.1 Å². The first-order valence-corrected chi connectivity index (χ1v) is 10.7. The van der Waals surface area contributed by atoms with Crippen molar-refractivity contribution < 1.29 is 4.57 Å². The molecular weight excluding hydrogens is 366 g/mol. The first-order chi connectivity index (χ1) is 14.3. The molecule has 3 nitrogen and oxygen atoms in total. The third kappa shape index (κ3) is 2.21. The predicted octanol–water partition coefficient (Wildman–Crippen LogP) is 6.11. The summed E-state index contributed by atoms with van der Waals surface area (Å²) in [5, 5.41) is 5.23. The number of nitrogens with zero attached hydrogens (tertiary/aromatic N) is 3. The van der Waals surface area contributed by atoms with Crippen LogP contribution in [0.1, 0.15) is 31.9 Å². The van der Waals surface area contributed by atoms with Crippen LogP contribution >= 0.6 is 0 Å². The van der Waals surface area contributed by atoms with Gasteiger partial charge in [0.2, 0.25) is 0 Å². The summed E-state index contributed by atoms with van der Waals surface area (Å²) in [6, 6.07) is 17.9. The quantitative estimate of drug-likeness (QED) is 0.188. The smallest absolute Gasteiger partial charge is 0.287 e. The highest BCUT2D eigenvalue weighted by Gasteiger charge is 2.26. The molecule has 0 aliphatic rings. The minimum absolute atomic E-state index is 0.208. The maximum atomic E-state index is 4.95. The maximum absolute atomic E-state index is 4.95. The third-order valence-electron chi connectivity index (χ3n) is 6.43. The first-order valence-electron chi connectivity index (χ1n) is 10.7. The van der Waals surface area contributed by atoms with E-state index in [1.165, 1.54) is 54.7 Å². The maximum Gasteiger partial charge on any atom is 0.287 e. The van der Waals surface area contributed by atoms with E-state index < -0.39 is 0 Å². The highest BCUT2D eigenvalue weighted by molar-refractivity contribution is 6.25. The normalized spacial score (nSPS) is 13.0. The van der Waals surface area contributed by atoms with Crippen LogP contribution in [0.3, 0.4) is 0 Å². The molecule has 0 aliphatic carbocycles. The zero-order valence-electron chi connectivity index (χ0n) is 18.2. The molecule has 0 bridgehead atoms. The number of benzene rings is 3. The van der Waals surface area contributed by atoms with Crippen LogP contribution in [0.15, 0.2) is 54.9 Å². The van der Waals surface area contributed by atoms with Crippen molar-refractivity contribution in [2.45, 2.75) is 34.1 Å². The fraction of sp³-hybridized carbons (Fsp3) is 0.259. The summed E-state index contributed by atoms with van der Waals surface area (Å²) in [4.78, 5) is 4.95. The zero-order chi connectivity index (χ0) is 20.8. The molecule has 0 spiro atoms. The highest BCUT2D eigenvalue weighted by Crippen LogP contribution is 2.41. The Balaban J connectivity index is 1.97. The topological polar surface area (TPSA) is 21.2 Å². The van der Waals surface area contributed by atoms with Crippen molar-refractivity contribution in [3.8, 4) is 0 Å². The molecule has 0 N–H and O–H groups in total. The standard InChI is InChI=1S/C27H26N3/c1-16-10-12-19-18-8-6-7-9-20(18)30-21-13-11-17(14-27(2,3)4)24-23(21)26(22(16)25(19)30)29(5)15-28-24/h6-13,15H,14H2,1-5H3/q+1. The van der Waals surface area contributed by atoms with Crippen LogP contribution in [0.4, 0.5) is 0 Å². The Morgan fingerprint density at radius 3 is 2.50 bits per heavy atom. The van der Waals surface area contributed by atoms with Crippen LogP contribution in [0.25, 0.3) is 49.1 Å². The van der Waals surface area contributed by atoms with Gasteiger partial charge in [-0.2, -0.15) is 0 Å². The second-order valence-corrected chi connectivity index (χ2v) is 9.92. The van der Waals surface area contributed by atoms with Crippen LogP contribution in [0, 0.1) is 12.3 Å². The van der Waals surface area contributed by atoms with E-state index in [0.717, 1.165) is 11.9 Å².